The number of hydrogen-bond acceptors (Lipinski definition) is 2. The molecule has 1 aliphatic carbocycles. The van der Waals surface area contributed by atoms with Crippen molar-refractivity contribution in [1.29, 1.82) is 0 Å². The van der Waals surface area contributed by atoms with Gasteiger partial charge in [-0.3, -0.25) is 0 Å². The molecule has 11 rings (SSSR count). The maximum atomic E-state index is 2.55. The topological polar surface area (TPSA) is 3.24 Å². The van der Waals surface area contributed by atoms with E-state index >= 15 is 0 Å². The lowest BCUT2D eigenvalue weighted by molar-refractivity contribution is 0.660. The molecule has 0 aliphatic heterocycles. The van der Waals surface area contributed by atoms with Gasteiger partial charge >= 0.3 is 0 Å². The molecule has 0 spiro atoms. The highest BCUT2D eigenvalue weighted by molar-refractivity contribution is 7.26. The van der Waals surface area contributed by atoms with E-state index in [9.17, 15) is 0 Å². The number of thiophene rings is 1. The van der Waals surface area contributed by atoms with Gasteiger partial charge in [0, 0.05) is 32.0 Å². The normalized spacial score (nSPS) is 12.9. The number of anilines is 3. The van der Waals surface area contributed by atoms with Crippen LogP contribution in [0, 0.1) is 0 Å². The zero-order chi connectivity index (χ0) is 38.1. The van der Waals surface area contributed by atoms with Crippen LogP contribution in [-0.2, 0) is 5.41 Å². The molecular formula is C55H39NS. The second kappa shape index (κ2) is 13.2. The summed E-state index contributed by atoms with van der Waals surface area (Å²) in [5.74, 6) is 0. The fourth-order valence-electron chi connectivity index (χ4n) is 9.49. The Hall–Kier alpha value is -6.74. The van der Waals surface area contributed by atoms with Crippen LogP contribution in [0.15, 0.2) is 200 Å². The summed E-state index contributed by atoms with van der Waals surface area (Å²) in [7, 11) is 0. The van der Waals surface area contributed by atoms with E-state index in [1.807, 2.05) is 11.3 Å². The van der Waals surface area contributed by atoms with Crippen molar-refractivity contribution in [3.05, 3.63) is 211 Å². The molecule has 1 heterocycles. The van der Waals surface area contributed by atoms with E-state index in [2.05, 4.69) is 219 Å². The Morgan fingerprint density at radius 2 is 0.912 bits per heavy atom. The molecule has 10 aromatic rings. The van der Waals surface area contributed by atoms with Gasteiger partial charge in [0.25, 0.3) is 0 Å². The average Bonchev–Trinajstić information content (AvgIpc) is 3.77. The Morgan fingerprint density at radius 1 is 0.386 bits per heavy atom. The van der Waals surface area contributed by atoms with E-state index in [0.717, 1.165) is 11.4 Å². The summed E-state index contributed by atoms with van der Waals surface area (Å²) >= 11 is 1.88. The van der Waals surface area contributed by atoms with Gasteiger partial charge in [0.1, 0.15) is 0 Å². The molecule has 0 bridgehead atoms. The van der Waals surface area contributed by atoms with Crippen LogP contribution in [0.25, 0.3) is 75.5 Å². The zero-order valence-electron chi connectivity index (χ0n) is 31.9. The molecule has 1 aliphatic rings. The largest absolute Gasteiger partial charge is 0.308 e. The molecule has 0 fully saturated rings. The van der Waals surface area contributed by atoms with Gasteiger partial charge in [-0.05, 0) is 79.5 Å². The van der Waals surface area contributed by atoms with Crippen LogP contribution in [-0.4, -0.2) is 0 Å². The highest BCUT2D eigenvalue weighted by Gasteiger charge is 2.37. The third kappa shape index (κ3) is 5.21. The third-order valence-electron chi connectivity index (χ3n) is 12.1. The van der Waals surface area contributed by atoms with Crippen molar-refractivity contribution in [1.82, 2.24) is 0 Å². The number of rotatable bonds is 6. The molecule has 0 N–H and O–H groups in total. The summed E-state index contributed by atoms with van der Waals surface area (Å²) < 4.78 is 2.57. The predicted molar refractivity (Wildman–Crippen MR) is 245 cm³/mol. The molecule has 0 saturated heterocycles. The highest BCUT2D eigenvalue weighted by Crippen LogP contribution is 2.55. The van der Waals surface area contributed by atoms with Crippen molar-refractivity contribution in [3.63, 3.8) is 0 Å². The molecule has 1 nitrogen and oxygen atoms in total. The second-order valence-electron chi connectivity index (χ2n) is 15.6. The Bertz CT molecular complexity index is 3160. The highest BCUT2D eigenvalue weighted by atomic mass is 32.1. The van der Waals surface area contributed by atoms with Crippen molar-refractivity contribution in [3.8, 4) is 44.5 Å². The van der Waals surface area contributed by atoms with Crippen LogP contribution in [0.1, 0.15) is 25.0 Å². The molecule has 0 unspecified atom stereocenters. The van der Waals surface area contributed by atoms with Crippen molar-refractivity contribution in [2.45, 2.75) is 19.3 Å². The van der Waals surface area contributed by atoms with Crippen molar-refractivity contribution >= 4 is 59.3 Å². The van der Waals surface area contributed by atoms with E-state index in [0.29, 0.717) is 0 Å². The maximum absolute atomic E-state index is 2.55. The van der Waals surface area contributed by atoms with Gasteiger partial charge in [-0.15, -0.1) is 11.3 Å². The lowest BCUT2D eigenvalue weighted by atomic mass is 9.82. The molecule has 1 aromatic heterocycles. The van der Waals surface area contributed by atoms with Crippen molar-refractivity contribution in [2.24, 2.45) is 0 Å². The molecule has 0 amide bonds. The van der Waals surface area contributed by atoms with Gasteiger partial charge in [-0.25, -0.2) is 0 Å². The van der Waals surface area contributed by atoms with Gasteiger partial charge in [0.05, 0.1) is 21.8 Å². The Morgan fingerprint density at radius 3 is 1.70 bits per heavy atom. The van der Waals surface area contributed by atoms with E-state index in [4.69, 9.17) is 0 Å². The van der Waals surface area contributed by atoms with Crippen LogP contribution < -0.4 is 4.90 Å². The summed E-state index contributed by atoms with van der Waals surface area (Å²) in [5, 5.41) is 5.05. The van der Waals surface area contributed by atoms with Crippen LogP contribution in [0.4, 0.5) is 17.1 Å². The molecule has 270 valence electrons. The number of hydrogen-bond donors (Lipinski definition) is 0. The van der Waals surface area contributed by atoms with Gasteiger partial charge in [0.15, 0.2) is 0 Å². The monoisotopic (exact) mass is 745 g/mol. The maximum Gasteiger partial charge on any atom is 0.0640 e. The zero-order valence-corrected chi connectivity index (χ0v) is 32.7. The SMILES string of the molecule is CC1(C)c2ccccc2-c2c(-c3ccccc3N(c3ccccc3-c3cccc4cccc(-c5ccccc5)c34)c3cccc4c3sc3ccccc34)cccc21. The standard InChI is InChI=1S/C55H39NS/c1-55(2)46-30-10-6-25-45(46)53-43(28-16-31-47(53)55)40-23-8-12-33-49(40)56(50-34-17-29-44-41-24-9-13-35-51(41)57-54(44)50)48-32-11-7-22-39(48)42-27-15-21-37-20-14-26-38(52(37)42)36-18-4-3-5-19-36/h3-35H,1-2H3. The quantitative estimate of drug-likeness (QED) is 0.164. The minimum atomic E-state index is -0.101. The van der Waals surface area contributed by atoms with Gasteiger partial charge in [-0.1, -0.05) is 190 Å². The lowest BCUT2D eigenvalue weighted by Crippen LogP contribution is -2.15. The summed E-state index contributed by atoms with van der Waals surface area (Å²) in [5.41, 5.74) is 16.1. The van der Waals surface area contributed by atoms with Gasteiger partial charge in [-0.2, -0.15) is 0 Å². The first kappa shape index (κ1) is 33.6. The first-order valence-corrected chi connectivity index (χ1v) is 20.6. The summed E-state index contributed by atoms with van der Waals surface area (Å²) in [6.07, 6.45) is 0. The Balaban J connectivity index is 1.23. The predicted octanol–water partition coefficient (Wildman–Crippen LogP) is 16.0. The number of para-hydroxylation sites is 2. The molecule has 0 radical (unpaired) electrons. The smallest absolute Gasteiger partial charge is 0.0640 e. The first-order valence-electron chi connectivity index (χ1n) is 19.8. The lowest BCUT2D eigenvalue weighted by Gasteiger charge is -2.31. The van der Waals surface area contributed by atoms with Crippen LogP contribution in [0.5, 0.6) is 0 Å². The molecule has 2 heteroatoms. The number of nitrogens with zero attached hydrogens (tertiary/aromatic N) is 1. The van der Waals surface area contributed by atoms with Gasteiger partial charge in [0.2, 0.25) is 0 Å². The van der Waals surface area contributed by atoms with Crippen LogP contribution >= 0.6 is 11.3 Å². The molecule has 0 atom stereocenters. The first-order chi connectivity index (χ1) is 28.1. The van der Waals surface area contributed by atoms with Crippen molar-refractivity contribution in [2.75, 3.05) is 4.90 Å². The molecule has 57 heavy (non-hydrogen) atoms. The van der Waals surface area contributed by atoms with E-state index in [1.165, 1.54) is 92.3 Å². The fraction of sp³-hybridized carbons (Fsp3) is 0.0545. The van der Waals surface area contributed by atoms with Gasteiger partial charge < -0.3 is 4.90 Å². The van der Waals surface area contributed by atoms with E-state index < -0.39 is 0 Å². The summed E-state index contributed by atoms with van der Waals surface area (Å²) in [4.78, 5) is 2.55. The van der Waals surface area contributed by atoms with Crippen molar-refractivity contribution < 1.29 is 0 Å². The van der Waals surface area contributed by atoms with Crippen LogP contribution in [0.2, 0.25) is 0 Å². The minimum absolute atomic E-state index is 0.101. The van der Waals surface area contributed by atoms with Crippen LogP contribution in [0.3, 0.4) is 0 Å². The Kier molecular flexibility index (Phi) is 7.77. The second-order valence-corrected chi connectivity index (χ2v) is 16.6. The average molecular weight is 746 g/mol. The fourth-order valence-corrected chi connectivity index (χ4v) is 10.7. The summed E-state index contributed by atoms with van der Waals surface area (Å²) in [6.45, 7) is 4.73. The van der Waals surface area contributed by atoms with E-state index in [-0.39, 0.29) is 5.41 Å². The molecule has 0 saturated carbocycles. The number of fused-ring (bicyclic) bond motifs is 7. The molecular weight excluding hydrogens is 707 g/mol. The number of benzene rings is 9. The van der Waals surface area contributed by atoms with E-state index in [1.54, 1.807) is 0 Å². The summed E-state index contributed by atoms with van der Waals surface area (Å²) in [6, 6.07) is 73.9. The Labute approximate surface area is 337 Å². The molecule has 9 aromatic carbocycles. The minimum Gasteiger partial charge on any atom is -0.308 e. The third-order valence-corrected chi connectivity index (χ3v) is 13.3.